The van der Waals surface area contributed by atoms with Gasteiger partial charge in [0.25, 0.3) is 17.1 Å². The van der Waals surface area contributed by atoms with E-state index in [-0.39, 0.29) is 36.8 Å². The van der Waals surface area contributed by atoms with Crippen LogP contribution in [0.2, 0.25) is 5.02 Å². The lowest BCUT2D eigenvalue weighted by Crippen LogP contribution is -2.42. The third-order valence-electron chi connectivity index (χ3n) is 5.17. The van der Waals surface area contributed by atoms with Crippen molar-refractivity contribution in [1.29, 1.82) is 0 Å². The topological polar surface area (TPSA) is 85.4 Å². The van der Waals surface area contributed by atoms with Gasteiger partial charge in [-0.25, -0.2) is 0 Å². The Morgan fingerprint density at radius 3 is 2.35 bits per heavy atom. The summed E-state index contributed by atoms with van der Waals surface area (Å²) in [5.74, 6) is 0.722. The monoisotopic (exact) mass is 502 g/mol. The number of morpholine rings is 1. The number of carbonyl (C=O) groups excluding carboxylic acids is 3. The largest absolute Gasteiger partial charge is 0.492 e. The highest BCUT2D eigenvalue weighted by atomic mass is 35.5. The molecule has 34 heavy (non-hydrogen) atoms. The first-order valence-corrected chi connectivity index (χ1v) is 11.9. The Kier molecular flexibility index (Phi) is 8.10. The SMILES string of the molecule is O=C(COc1ccc(/C=C2\SC(=O)N(CCOc3ccc(Cl)cc3)C2=O)cc1)N1CCOCC1. The molecule has 3 amide bonds. The van der Waals surface area contributed by atoms with Crippen LogP contribution in [0, 0.1) is 0 Å². The summed E-state index contributed by atoms with van der Waals surface area (Å²) in [6.07, 6.45) is 1.66. The lowest BCUT2D eigenvalue weighted by molar-refractivity contribution is -0.137. The fraction of sp³-hybridized carbons (Fsp3) is 0.292. The zero-order valence-corrected chi connectivity index (χ0v) is 19.8. The molecule has 2 saturated heterocycles. The van der Waals surface area contributed by atoms with Crippen molar-refractivity contribution in [3.05, 3.63) is 64.0 Å². The van der Waals surface area contributed by atoms with E-state index >= 15 is 0 Å². The normalized spacial score (nSPS) is 17.4. The molecule has 0 aliphatic carbocycles. The zero-order valence-electron chi connectivity index (χ0n) is 18.3. The minimum atomic E-state index is -0.355. The van der Waals surface area contributed by atoms with Gasteiger partial charge in [-0.1, -0.05) is 23.7 Å². The van der Waals surface area contributed by atoms with Gasteiger partial charge in [0.1, 0.15) is 18.1 Å². The Morgan fingerprint density at radius 1 is 1.00 bits per heavy atom. The minimum absolute atomic E-state index is 0.0453. The molecular weight excluding hydrogens is 480 g/mol. The summed E-state index contributed by atoms with van der Waals surface area (Å²) in [7, 11) is 0. The molecule has 0 spiro atoms. The van der Waals surface area contributed by atoms with Crippen LogP contribution in [0.4, 0.5) is 4.79 Å². The second-order valence-corrected chi connectivity index (χ2v) is 8.92. The number of rotatable bonds is 8. The van der Waals surface area contributed by atoms with Gasteiger partial charge in [-0.05, 0) is 59.8 Å². The summed E-state index contributed by atoms with van der Waals surface area (Å²) >= 11 is 6.74. The first-order valence-electron chi connectivity index (χ1n) is 10.7. The van der Waals surface area contributed by atoms with Crippen molar-refractivity contribution in [2.24, 2.45) is 0 Å². The molecule has 0 aromatic heterocycles. The van der Waals surface area contributed by atoms with E-state index in [4.69, 9.17) is 25.8 Å². The Bertz CT molecular complexity index is 1070. The quantitative estimate of drug-likeness (QED) is 0.509. The first kappa shape index (κ1) is 24.1. The number of halogens is 1. The predicted octanol–water partition coefficient (Wildman–Crippen LogP) is 3.69. The molecule has 0 unspecified atom stereocenters. The van der Waals surface area contributed by atoms with Gasteiger partial charge in [0, 0.05) is 18.1 Å². The van der Waals surface area contributed by atoms with Crippen molar-refractivity contribution in [2.45, 2.75) is 0 Å². The number of nitrogens with zero attached hydrogens (tertiary/aromatic N) is 2. The number of ether oxygens (including phenoxy) is 3. The van der Waals surface area contributed by atoms with E-state index in [1.54, 1.807) is 59.5 Å². The van der Waals surface area contributed by atoms with E-state index in [9.17, 15) is 14.4 Å². The van der Waals surface area contributed by atoms with Crippen LogP contribution in [0.15, 0.2) is 53.4 Å². The van der Waals surface area contributed by atoms with Gasteiger partial charge in [-0.15, -0.1) is 0 Å². The van der Waals surface area contributed by atoms with Crippen molar-refractivity contribution in [1.82, 2.24) is 9.80 Å². The summed E-state index contributed by atoms with van der Waals surface area (Å²) in [4.78, 5) is 40.4. The molecule has 2 aliphatic rings. The molecule has 2 aromatic rings. The Hall–Kier alpha value is -3.01. The molecule has 2 aromatic carbocycles. The van der Waals surface area contributed by atoms with Crippen molar-refractivity contribution in [3.63, 3.8) is 0 Å². The molecule has 0 atom stereocenters. The number of thioether (sulfide) groups is 1. The molecule has 0 radical (unpaired) electrons. The molecule has 2 fully saturated rings. The zero-order chi connectivity index (χ0) is 23.9. The van der Waals surface area contributed by atoms with E-state index in [0.29, 0.717) is 47.7 Å². The van der Waals surface area contributed by atoms with Gasteiger partial charge < -0.3 is 19.1 Å². The summed E-state index contributed by atoms with van der Waals surface area (Å²) in [5.41, 5.74) is 0.745. The summed E-state index contributed by atoms with van der Waals surface area (Å²) in [6.45, 7) is 2.52. The second kappa shape index (κ2) is 11.4. The van der Waals surface area contributed by atoms with Crippen molar-refractivity contribution >= 4 is 46.5 Å². The fourth-order valence-corrected chi connectivity index (χ4v) is 4.33. The second-order valence-electron chi connectivity index (χ2n) is 7.49. The van der Waals surface area contributed by atoms with Crippen LogP contribution in [-0.2, 0) is 14.3 Å². The van der Waals surface area contributed by atoms with Crippen LogP contribution < -0.4 is 9.47 Å². The highest BCUT2D eigenvalue weighted by molar-refractivity contribution is 8.18. The third kappa shape index (κ3) is 6.31. The van der Waals surface area contributed by atoms with Crippen LogP contribution in [0.5, 0.6) is 11.5 Å². The maximum atomic E-state index is 12.7. The smallest absolute Gasteiger partial charge is 0.293 e. The molecular formula is C24H23ClN2O6S. The molecule has 0 saturated carbocycles. The number of hydrogen-bond donors (Lipinski definition) is 0. The summed E-state index contributed by atoms with van der Waals surface area (Å²) in [5, 5.41) is 0.266. The van der Waals surface area contributed by atoms with E-state index in [1.807, 2.05) is 0 Å². The molecule has 178 valence electrons. The molecule has 10 heteroatoms. The molecule has 4 rings (SSSR count). The fourth-order valence-electron chi connectivity index (χ4n) is 3.34. The van der Waals surface area contributed by atoms with Crippen LogP contribution in [0.25, 0.3) is 6.08 Å². The molecule has 8 nitrogen and oxygen atoms in total. The van der Waals surface area contributed by atoms with Crippen molar-refractivity contribution in [3.8, 4) is 11.5 Å². The minimum Gasteiger partial charge on any atom is -0.492 e. The van der Waals surface area contributed by atoms with E-state index in [0.717, 1.165) is 17.3 Å². The van der Waals surface area contributed by atoms with Gasteiger partial charge in [-0.2, -0.15) is 0 Å². The van der Waals surface area contributed by atoms with Crippen LogP contribution in [-0.4, -0.2) is 72.9 Å². The van der Waals surface area contributed by atoms with Crippen LogP contribution in [0.1, 0.15) is 5.56 Å². The summed E-state index contributed by atoms with van der Waals surface area (Å²) < 4.78 is 16.4. The average Bonchev–Trinajstić information content (AvgIpc) is 3.12. The Balaban J connectivity index is 1.28. The van der Waals surface area contributed by atoms with Gasteiger partial charge in [0.2, 0.25) is 0 Å². The number of carbonyl (C=O) groups is 3. The predicted molar refractivity (Wildman–Crippen MR) is 129 cm³/mol. The van der Waals surface area contributed by atoms with Crippen molar-refractivity contribution in [2.75, 3.05) is 46.1 Å². The number of benzene rings is 2. The third-order valence-corrected chi connectivity index (χ3v) is 6.33. The lowest BCUT2D eigenvalue weighted by Gasteiger charge is -2.26. The Morgan fingerprint density at radius 2 is 1.65 bits per heavy atom. The number of hydrogen-bond acceptors (Lipinski definition) is 7. The molecule has 0 bridgehead atoms. The molecule has 0 N–H and O–H groups in total. The molecule has 2 heterocycles. The van der Waals surface area contributed by atoms with Gasteiger partial charge in [0.05, 0.1) is 24.7 Å². The van der Waals surface area contributed by atoms with Crippen LogP contribution in [0.3, 0.4) is 0 Å². The average molecular weight is 503 g/mol. The highest BCUT2D eigenvalue weighted by Gasteiger charge is 2.34. The summed E-state index contributed by atoms with van der Waals surface area (Å²) in [6, 6.07) is 13.9. The lowest BCUT2D eigenvalue weighted by atomic mass is 10.2. The Labute approximate surface area is 206 Å². The van der Waals surface area contributed by atoms with Crippen molar-refractivity contribution < 1.29 is 28.6 Å². The van der Waals surface area contributed by atoms with Gasteiger partial charge in [0.15, 0.2) is 6.61 Å². The maximum Gasteiger partial charge on any atom is 0.293 e. The molecule has 2 aliphatic heterocycles. The highest BCUT2D eigenvalue weighted by Crippen LogP contribution is 2.32. The van der Waals surface area contributed by atoms with E-state index in [2.05, 4.69) is 0 Å². The number of imide groups is 1. The maximum absolute atomic E-state index is 12.7. The van der Waals surface area contributed by atoms with E-state index in [1.165, 1.54) is 4.90 Å². The van der Waals surface area contributed by atoms with Crippen LogP contribution >= 0.6 is 23.4 Å². The standard InChI is InChI=1S/C24H23ClN2O6S/c25-18-3-7-19(8-4-18)32-14-11-27-23(29)21(34-24(27)30)15-17-1-5-20(6-2-17)33-16-22(28)26-9-12-31-13-10-26/h1-8,15H,9-14,16H2/b21-15-. The first-order chi connectivity index (χ1) is 16.5. The number of amides is 3. The van der Waals surface area contributed by atoms with E-state index < -0.39 is 0 Å². The van der Waals surface area contributed by atoms with Gasteiger partial charge >= 0.3 is 0 Å². The van der Waals surface area contributed by atoms with Gasteiger partial charge in [-0.3, -0.25) is 19.3 Å².